The molecule has 0 aromatic heterocycles. The molecular formula is C17H32N2. The molecule has 0 radical (unpaired) electrons. The maximum Gasteiger partial charge on any atom is 0.00967 e. The van der Waals surface area contributed by atoms with Crippen LogP contribution in [0, 0.1) is 17.3 Å². The standard InChI is InChI=1S/C17H32N2/c1-15(2,3)18-11-17(12-19-16(4,5)6)10-13-7-8-14(17)9-13/h7-8,13-14,18-19H,9-12H2,1-6H3. The summed E-state index contributed by atoms with van der Waals surface area (Å²) in [5, 5.41) is 7.50. The monoisotopic (exact) mass is 264 g/mol. The zero-order valence-electron chi connectivity index (χ0n) is 13.6. The van der Waals surface area contributed by atoms with Gasteiger partial charge in [0, 0.05) is 29.6 Å². The second-order valence-corrected chi connectivity index (χ2v) is 8.76. The summed E-state index contributed by atoms with van der Waals surface area (Å²) in [4.78, 5) is 0. The number of nitrogens with one attached hydrogen (secondary N) is 2. The van der Waals surface area contributed by atoms with Crippen molar-refractivity contribution in [2.75, 3.05) is 13.1 Å². The summed E-state index contributed by atoms with van der Waals surface area (Å²) in [6.07, 6.45) is 7.64. The zero-order chi connectivity index (χ0) is 14.3. The zero-order valence-corrected chi connectivity index (χ0v) is 13.6. The van der Waals surface area contributed by atoms with Gasteiger partial charge in [0.2, 0.25) is 0 Å². The number of rotatable bonds is 4. The summed E-state index contributed by atoms with van der Waals surface area (Å²) < 4.78 is 0. The molecule has 110 valence electrons. The average molecular weight is 264 g/mol. The minimum Gasteiger partial charge on any atom is -0.311 e. The highest BCUT2D eigenvalue weighted by molar-refractivity contribution is 5.17. The van der Waals surface area contributed by atoms with Gasteiger partial charge in [0.15, 0.2) is 0 Å². The van der Waals surface area contributed by atoms with Crippen LogP contribution in [0.4, 0.5) is 0 Å². The SMILES string of the molecule is CC(C)(C)NCC1(CNC(C)(C)C)CC2C=CC1C2. The first-order valence-electron chi connectivity index (χ1n) is 7.78. The Morgan fingerprint density at radius 1 is 0.947 bits per heavy atom. The van der Waals surface area contributed by atoms with Gasteiger partial charge in [0.1, 0.15) is 0 Å². The van der Waals surface area contributed by atoms with Crippen LogP contribution in [0.15, 0.2) is 12.2 Å². The Balaban J connectivity index is 2.04. The van der Waals surface area contributed by atoms with Crippen LogP contribution < -0.4 is 10.6 Å². The highest BCUT2D eigenvalue weighted by Crippen LogP contribution is 2.51. The fourth-order valence-corrected chi connectivity index (χ4v) is 3.41. The Morgan fingerprint density at radius 2 is 1.47 bits per heavy atom. The van der Waals surface area contributed by atoms with E-state index < -0.39 is 0 Å². The maximum absolute atomic E-state index is 3.75. The molecule has 2 unspecified atom stereocenters. The molecular weight excluding hydrogens is 232 g/mol. The lowest BCUT2D eigenvalue weighted by Gasteiger charge is -2.40. The first-order chi connectivity index (χ1) is 8.60. The van der Waals surface area contributed by atoms with E-state index in [2.05, 4.69) is 64.3 Å². The molecule has 2 heteroatoms. The quantitative estimate of drug-likeness (QED) is 0.761. The van der Waals surface area contributed by atoms with E-state index in [1.165, 1.54) is 12.8 Å². The van der Waals surface area contributed by atoms with Gasteiger partial charge in [-0.1, -0.05) is 12.2 Å². The summed E-state index contributed by atoms with van der Waals surface area (Å²) in [6, 6.07) is 0. The lowest BCUT2D eigenvalue weighted by molar-refractivity contribution is 0.173. The molecule has 19 heavy (non-hydrogen) atoms. The van der Waals surface area contributed by atoms with Gasteiger partial charge in [-0.15, -0.1) is 0 Å². The van der Waals surface area contributed by atoms with Crippen LogP contribution >= 0.6 is 0 Å². The van der Waals surface area contributed by atoms with Crippen molar-refractivity contribution < 1.29 is 0 Å². The molecule has 0 saturated heterocycles. The van der Waals surface area contributed by atoms with E-state index in [9.17, 15) is 0 Å². The lowest BCUT2D eigenvalue weighted by Crippen LogP contribution is -2.52. The molecule has 2 nitrogen and oxygen atoms in total. The largest absolute Gasteiger partial charge is 0.311 e. The van der Waals surface area contributed by atoms with E-state index in [0.29, 0.717) is 5.41 Å². The van der Waals surface area contributed by atoms with Crippen molar-refractivity contribution in [1.82, 2.24) is 10.6 Å². The minimum atomic E-state index is 0.209. The Kier molecular flexibility index (Phi) is 3.88. The van der Waals surface area contributed by atoms with E-state index in [1.807, 2.05) is 0 Å². The fraction of sp³-hybridized carbons (Fsp3) is 0.882. The molecule has 2 bridgehead atoms. The van der Waals surface area contributed by atoms with Crippen LogP contribution in [0.3, 0.4) is 0 Å². The average Bonchev–Trinajstić information content (AvgIpc) is 2.82. The molecule has 1 saturated carbocycles. The van der Waals surface area contributed by atoms with Crippen LogP contribution in [0.1, 0.15) is 54.4 Å². The molecule has 0 spiro atoms. The van der Waals surface area contributed by atoms with Gasteiger partial charge in [0.05, 0.1) is 0 Å². The van der Waals surface area contributed by atoms with Gasteiger partial charge in [-0.3, -0.25) is 0 Å². The van der Waals surface area contributed by atoms with E-state index in [4.69, 9.17) is 0 Å². The van der Waals surface area contributed by atoms with Gasteiger partial charge in [-0.2, -0.15) is 0 Å². The topological polar surface area (TPSA) is 24.1 Å². The minimum absolute atomic E-state index is 0.209. The summed E-state index contributed by atoms with van der Waals surface area (Å²) in [6.45, 7) is 15.8. The fourth-order valence-electron chi connectivity index (χ4n) is 3.41. The normalized spacial score (nSPS) is 29.2. The van der Waals surface area contributed by atoms with Gasteiger partial charge in [0.25, 0.3) is 0 Å². The van der Waals surface area contributed by atoms with Gasteiger partial charge < -0.3 is 10.6 Å². The van der Waals surface area contributed by atoms with E-state index >= 15 is 0 Å². The molecule has 0 heterocycles. The Morgan fingerprint density at radius 3 is 1.79 bits per heavy atom. The third kappa shape index (κ3) is 3.82. The summed E-state index contributed by atoms with van der Waals surface area (Å²) in [7, 11) is 0. The van der Waals surface area contributed by atoms with Crippen LogP contribution in [-0.2, 0) is 0 Å². The number of hydrogen-bond donors (Lipinski definition) is 2. The van der Waals surface area contributed by atoms with Crippen molar-refractivity contribution in [2.45, 2.75) is 65.5 Å². The van der Waals surface area contributed by atoms with E-state index in [-0.39, 0.29) is 11.1 Å². The summed E-state index contributed by atoms with van der Waals surface area (Å²) >= 11 is 0. The van der Waals surface area contributed by atoms with Crippen molar-refractivity contribution in [3.05, 3.63) is 12.2 Å². The maximum atomic E-state index is 3.75. The Labute approximate surface area is 119 Å². The Bertz CT molecular complexity index is 325. The number of fused-ring (bicyclic) bond motifs is 2. The van der Waals surface area contributed by atoms with E-state index in [0.717, 1.165) is 24.9 Å². The Hall–Kier alpha value is -0.340. The van der Waals surface area contributed by atoms with Crippen molar-refractivity contribution in [2.24, 2.45) is 17.3 Å². The third-order valence-electron chi connectivity index (χ3n) is 4.57. The molecule has 0 aliphatic heterocycles. The molecule has 2 rings (SSSR count). The molecule has 2 aliphatic carbocycles. The van der Waals surface area contributed by atoms with Gasteiger partial charge in [-0.25, -0.2) is 0 Å². The highest BCUT2D eigenvalue weighted by atomic mass is 15.0. The van der Waals surface area contributed by atoms with Crippen LogP contribution in [-0.4, -0.2) is 24.2 Å². The van der Waals surface area contributed by atoms with Gasteiger partial charge >= 0.3 is 0 Å². The molecule has 0 aromatic carbocycles. The second-order valence-electron chi connectivity index (χ2n) is 8.76. The summed E-state index contributed by atoms with van der Waals surface area (Å²) in [5.41, 5.74) is 0.834. The van der Waals surface area contributed by atoms with Crippen molar-refractivity contribution >= 4 is 0 Å². The molecule has 0 amide bonds. The lowest BCUT2D eigenvalue weighted by atomic mass is 9.74. The molecule has 1 fully saturated rings. The molecule has 2 aliphatic rings. The van der Waals surface area contributed by atoms with Crippen LogP contribution in [0.25, 0.3) is 0 Å². The first-order valence-corrected chi connectivity index (χ1v) is 7.78. The predicted octanol–water partition coefficient (Wildman–Crippen LogP) is 3.35. The van der Waals surface area contributed by atoms with Crippen molar-refractivity contribution in [1.29, 1.82) is 0 Å². The highest BCUT2D eigenvalue weighted by Gasteiger charge is 2.48. The first kappa shape index (κ1) is 15.1. The predicted molar refractivity (Wildman–Crippen MR) is 83.3 cm³/mol. The van der Waals surface area contributed by atoms with Crippen LogP contribution in [0.5, 0.6) is 0 Å². The van der Waals surface area contributed by atoms with Crippen LogP contribution in [0.2, 0.25) is 0 Å². The summed E-state index contributed by atoms with van der Waals surface area (Å²) in [5.74, 6) is 1.59. The van der Waals surface area contributed by atoms with E-state index in [1.54, 1.807) is 0 Å². The second kappa shape index (κ2) is 4.89. The third-order valence-corrected chi connectivity index (χ3v) is 4.57. The molecule has 0 aromatic rings. The van der Waals surface area contributed by atoms with Gasteiger partial charge in [-0.05, 0) is 66.2 Å². The van der Waals surface area contributed by atoms with Crippen molar-refractivity contribution in [3.63, 3.8) is 0 Å². The van der Waals surface area contributed by atoms with Crippen molar-refractivity contribution in [3.8, 4) is 0 Å². The molecule has 2 atom stereocenters. The number of allylic oxidation sites excluding steroid dienone is 2. The number of hydrogen-bond acceptors (Lipinski definition) is 2. The molecule has 2 N–H and O–H groups in total. The smallest absolute Gasteiger partial charge is 0.00967 e.